The predicted molar refractivity (Wildman–Crippen MR) is 299 cm³/mol. The van der Waals surface area contributed by atoms with Crippen LogP contribution >= 0.6 is 23.3 Å². The van der Waals surface area contributed by atoms with E-state index < -0.39 is 5.76 Å². The number of hydrogen-bond donors (Lipinski definition) is 6. The summed E-state index contributed by atoms with van der Waals surface area (Å²) < 4.78 is 23.3. The third kappa shape index (κ3) is 34.8. The smallest absolute Gasteiger partial charge is 0.438 e. The SMILES string of the molecule is C.C.C.C.CC(C)c1cc(=O)[nH]s1.CC(C)c1nn[nH]n1.CC(C)c1noc(=O)[nH]1.CC(C)c1ns[nH]c1=O.CNC(=O)C(C)C.CNC(=O)C(C)C.Cc1cc(C(C)C)on1.Cc1cocc(C(C)C)c1=O. The van der Waals surface area contributed by atoms with Crippen molar-refractivity contribution < 1.29 is 23.1 Å². The average Bonchev–Trinajstić information content (AvgIpc) is 4.15. The van der Waals surface area contributed by atoms with Gasteiger partial charge >= 0.3 is 5.76 Å². The van der Waals surface area contributed by atoms with Gasteiger partial charge in [0.25, 0.3) is 11.1 Å². The Hall–Kier alpha value is -6.10. The zero-order valence-corrected chi connectivity index (χ0v) is 45.7. The number of nitrogens with one attached hydrogen (secondary N) is 6. The van der Waals surface area contributed by atoms with Crippen molar-refractivity contribution in [3.05, 3.63) is 111 Å². The number of carbonyl (C=O) groups excluding carboxylic acids is 2. The topological polar surface area (TPSA) is 306 Å². The lowest BCUT2D eigenvalue weighted by atomic mass is 10.0. The Labute approximate surface area is 442 Å². The quantitative estimate of drug-likeness (QED) is 0.0825. The van der Waals surface area contributed by atoms with Crippen LogP contribution in [0.25, 0.3) is 0 Å². The van der Waals surface area contributed by atoms with Gasteiger partial charge in [0.05, 0.1) is 18.2 Å². The lowest BCUT2D eigenvalue weighted by Crippen LogP contribution is -2.22. The molecule has 21 nitrogen and oxygen atoms in total. The minimum Gasteiger partial charge on any atom is -0.472 e. The zero-order valence-electron chi connectivity index (χ0n) is 44.1. The van der Waals surface area contributed by atoms with E-state index in [4.69, 9.17) is 8.94 Å². The molecule has 23 heteroatoms. The summed E-state index contributed by atoms with van der Waals surface area (Å²) in [5.74, 6) is 4.25. The molecule has 2 amide bonds. The number of aromatic nitrogens is 10. The summed E-state index contributed by atoms with van der Waals surface area (Å²) in [4.78, 5) is 67.3. The van der Waals surface area contributed by atoms with Crippen LogP contribution in [0, 0.1) is 25.7 Å². The van der Waals surface area contributed by atoms with Crippen LogP contribution in [0.15, 0.2) is 57.3 Å². The molecule has 0 saturated carbocycles. The maximum Gasteiger partial charge on any atom is 0.438 e. The summed E-state index contributed by atoms with van der Waals surface area (Å²) in [5, 5.41) is 25.6. The van der Waals surface area contributed by atoms with Crippen molar-refractivity contribution in [1.29, 1.82) is 0 Å². The number of carbonyl (C=O) groups is 2. The molecule has 0 fully saturated rings. The highest BCUT2D eigenvalue weighted by Crippen LogP contribution is 2.15. The van der Waals surface area contributed by atoms with Gasteiger partial charge < -0.3 is 19.6 Å². The van der Waals surface area contributed by atoms with Crippen LogP contribution in [-0.2, 0) is 9.59 Å². The third-order valence-electron chi connectivity index (χ3n) is 8.49. The highest BCUT2D eigenvalue weighted by atomic mass is 32.1. The summed E-state index contributed by atoms with van der Waals surface area (Å²) in [6, 6.07) is 3.61. The lowest BCUT2D eigenvalue weighted by molar-refractivity contribution is -0.124. The van der Waals surface area contributed by atoms with Gasteiger partial charge in [-0.3, -0.25) is 42.2 Å². The Morgan fingerprint density at radius 3 is 1.40 bits per heavy atom. The Morgan fingerprint density at radius 1 is 0.644 bits per heavy atom. The van der Waals surface area contributed by atoms with Crippen LogP contribution in [-0.4, -0.2) is 75.0 Å². The molecule has 6 aromatic heterocycles. The number of nitrogens with zero attached hydrogens (tertiary/aromatic N) is 6. The van der Waals surface area contributed by atoms with E-state index in [9.17, 15) is 28.8 Å². The number of hydrogen-bond acceptors (Lipinski definition) is 17. The van der Waals surface area contributed by atoms with E-state index in [0.29, 0.717) is 34.8 Å². The maximum absolute atomic E-state index is 11.4. The fraction of sp³-hybridized carbons (Fsp3) is 0.640. The van der Waals surface area contributed by atoms with Crippen molar-refractivity contribution in [1.82, 2.24) is 59.7 Å². The molecule has 0 bridgehead atoms. The minimum atomic E-state index is -0.487. The third-order valence-corrected chi connectivity index (χ3v) is 10.2. The first-order valence-electron chi connectivity index (χ1n) is 22.6. The van der Waals surface area contributed by atoms with Gasteiger partial charge in [0.15, 0.2) is 17.1 Å². The maximum atomic E-state index is 11.4. The van der Waals surface area contributed by atoms with E-state index in [-0.39, 0.29) is 87.7 Å². The minimum absolute atomic E-state index is 0. The summed E-state index contributed by atoms with van der Waals surface area (Å²) in [6.45, 7) is 35.2. The van der Waals surface area contributed by atoms with Crippen LogP contribution in [0.3, 0.4) is 0 Å². The lowest BCUT2D eigenvalue weighted by Gasteiger charge is -2.02. The van der Waals surface area contributed by atoms with Crippen LogP contribution in [0.4, 0.5) is 0 Å². The van der Waals surface area contributed by atoms with Crippen LogP contribution in [0.1, 0.15) is 221 Å². The molecular formula is C50H94N12O9S2. The van der Waals surface area contributed by atoms with Gasteiger partial charge in [0.2, 0.25) is 11.8 Å². The van der Waals surface area contributed by atoms with Crippen molar-refractivity contribution >= 4 is 35.1 Å². The molecule has 73 heavy (non-hydrogen) atoms. The second kappa shape index (κ2) is 42.4. The molecule has 0 radical (unpaired) electrons. The molecule has 0 saturated heterocycles. The van der Waals surface area contributed by atoms with Crippen molar-refractivity contribution in [2.45, 2.75) is 190 Å². The first-order chi connectivity index (χ1) is 32.1. The van der Waals surface area contributed by atoms with Crippen molar-refractivity contribution in [3.63, 3.8) is 0 Å². The van der Waals surface area contributed by atoms with Gasteiger partial charge in [-0.05, 0) is 25.7 Å². The number of tetrazole rings is 1. The standard InChI is InChI=1S/C9H12O2.C7H11NO.C6H9NOS.C5H8N2O2.C5H8N2OS.2C5H11NO.C4H8N4.4CH4/c1-6(2)8-5-11-4-7(3)9(8)10;1-5(2)7-4-6(3)8-9-7;1-4(2)5-3-6(8)7-9-5;1-3(2)4-6-5(8)9-7-4;1-3(2)4-5(8)7-9-6-4;2*1-4(2)5(7)6-3;1-3(2)4-5-7-8-6-4;;;;/h4-6H,1-3H3;4-5H,1-3H3;3-4H,1-2H3,(H,7,8);3H,1-2H3,(H,6,7,8);3H,1-2H3,(H,7,8);2*4H,1-3H3,(H,6,7);3H,1-2H3,(H,5,6,7,8);4*1H4. The van der Waals surface area contributed by atoms with E-state index in [2.05, 4.69) is 91.9 Å². The molecule has 6 aromatic rings. The number of rotatable bonds is 8. The number of aryl methyl sites for hydroxylation is 2. The molecule has 0 aromatic carbocycles. The first-order valence-corrected chi connectivity index (χ1v) is 24.1. The van der Waals surface area contributed by atoms with Gasteiger partial charge in [0.1, 0.15) is 11.5 Å². The molecule has 0 atom stereocenters. The summed E-state index contributed by atoms with van der Waals surface area (Å²) in [7, 11) is 3.28. The Bertz CT molecular complexity index is 2410. The predicted octanol–water partition coefficient (Wildman–Crippen LogP) is 10.8. The van der Waals surface area contributed by atoms with E-state index in [1.54, 1.807) is 27.1 Å². The highest BCUT2D eigenvalue weighted by Gasteiger charge is 2.08. The second-order valence-corrected chi connectivity index (χ2v) is 19.0. The summed E-state index contributed by atoms with van der Waals surface area (Å²) in [6.07, 6.45) is 3.01. The van der Waals surface area contributed by atoms with E-state index in [0.717, 1.165) is 39.4 Å². The molecule has 6 N–H and O–H groups in total. The highest BCUT2D eigenvalue weighted by molar-refractivity contribution is 7.05. The average molecular weight is 1070 g/mol. The first kappa shape index (κ1) is 78.3. The summed E-state index contributed by atoms with van der Waals surface area (Å²) >= 11 is 2.53. The van der Waals surface area contributed by atoms with Gasteiger partial charge in [-0.15, -0.1) is 10.2 Å². The fourth-order valence-electron chi connectivity index (χ4n) is 4.24. The van der Waals surface area contributed by atoms with Gasteiger partial charge in [-0.2, -0.15) is 9.59 Å². The van der Waals surface area contributed by atoms with Gasteiger partial charge in [-0.25, -0.2) is 4.79 Å². The monoisotopic (exact) mass is 1070 g/mol. The van der Waals surface area contributed by atoms with E-state index >= 15 is 0 Å². The van der Waals surface area contributed by atoms with Gasteiger partial charge in [-0.1, -0.05) is 168 Å². The van der Waals surface area contributed by atoms with Gasteiger partial charge in [0, 0.05) is 89.5 Å². The molecule has 0 unspecified atom stereocenters. The molecule has 6 rings (SSSR count). The molecule has 6 heterocycles. The normalized spacial score (nSPS) is 9.70. The molecule has 0 aliphatic heterocycles. The van der Waals surface area contributed by atoms with Crippen molar-refractivity contribution in [2.24, 2.45) is 11.8 Å². The molecule has 420 valence electrons. The van der Waals surface area contributed by atoms with Crippen LogP contribution in [0.5, 0.6) is 0 Å². The number of H-pyrrole nitrogens is 4. The number of aromatic amines is 4. The van der Waals surface area contributed by atoms with E-state index in [1.807, 2.05) is 96.1 Å². The Kier molecular flexibility index (Phi) is 45.5. The molecule has 0 spiro atoms. The fourth-order valence-corrected chi connectivity index (χ4v) is 5.54. The van der Waals surface area contributed by atoms with Crippen molar-refractivity contribution in [3.8, 4) is 0 Å². The largest absolute Gasteiger partial charge is 0.472 e. The summed E-state index contributed by atoms with van der Waals surface area (Å²) in [5.41, 5.74) is 3.10. The second-order valence-electron chi connectivity index (χ2n) is 17.5. The number of amides is 2. The zero-order chi connectivity index (χ0) is 53.6. The van der Waals surface area contributed by atoms with Crippen molar-refractivity contribution in [2.75, 3.05) is 14.1 Å². The molecule has 0 aliphatic carbocycles. The van der Waals surface area contributed by atoms with Crippen LogP contribution in [0.2, 0.25) is 0 Å². The Balaban J connectivity index is -0.000000175. The van der Waals surface area contributed by atoms with E-state index in [1.165, 1.54) is 24.1 Å². The molecular weight excluding hydrogens is 977 g/mol. The molecule has 0 aliphatic rings. The Morgan fingerprint density at radius 2 is 1.19 bits per heavy atom. The van der Waals surface area contributed by atoms with Crippen LogP contribution < -0.4 is 32.9 Å².